The van der Waals surface area contributed by atoms with Crippen LogP contribution in [0, 0.1) is 0 Å². The molecule has 2 aromatic rings. The van der Waals surface area contributed by atoms with Gasteiger partial charge in [-0.15, -0.1) is 0 Å². The lowest BCUT2D eigenvalue weighted by Crippen LogP contribution is -2.45. The van der Waals surface area contributed by atoms with E-state index in [1.54, 1.807) is 18.3 Å². The third kappa shape index (κ3) is 3.10. The molecule has 1 aromatic heterocycles. The van der Waals surface area contributed by atoms with Gasteiger partial charge in [-0.25, -0.2) is 0 Å². The number of carbonyl (C=O) groups is 1. The summed E-state index contributed by atoms with van der Waals surface area (Å²) in [5, 5.41) is 0. The third-order valence-electron chi connectivity index (χ3n) is 5.47. The van der Waals surface area contributed by atoms with Gasteiger partial charge in [-0.05, 0) is 42.7 Å². The topological polar surface area (TPSA) is 68.5 Å². The second-order valence-corrected chi connectivity index (χ2v) is 7.02. The van der Waals surface area contributed by atoms with Crippen LogP contribution in [0.4, 0.5) is 0 Å². The van der Waals surface area contributed by atoms with E-state index in [-0.39, 0.29) is 11.3 Å². The van der Waals surface area contributed by atoms with E-state index in [1.807, 2.05) is 35.2 Å². The molecule has 0 radical (unpaired) electrons. The van der Waals surface area contributed by atoms with Gasteiger partial charge in [0.1, 0.15) is 5.75 Å². The molecule has 134 valence electrons. The van der Waals surface area contributed by atoms with Crippen molar-refractivity contribution in [3.63, 3.8) is 0 Å². The Balaban J connectivity index is 1.44. The molecule has 5 nitrogen and oxygen atoms in total. The maximum Gasteiger partial charge on any atom is 0.246 e. The number of hydrogen-bond donors (Lipinski definition) is 1. The average Bonchev–Trinajstić information content (AvgIpc) is 3.05. The number of benzene rings is 1. The van der Waals surface area contributed by atoms with Crippen LogP contribution >= 0.6 is 0 Å². The highest BCUT2D eigenvalue weighted by Crippen LogP contribution is 2.45. The van der Waals surface area contributed by atoms with Crippen molar-refractivity contribution < 1.29 is 9.53 Å². The first-order chi connectivity index (χ1) is 12.7. The van der Waals surface area contributed by atoms with Gasteiger partial charge in [0.05, 0.1) is 12.3 Å². The summed E-state index contributed by atoms with van der Waals surface area (Å²) in [5.74, 6) is 1.01. The minimum absolute atomic E-state index is 0.0159. The molecule has 0 bridgehead atoms. The third-order valence-corrected chi connectivity index (χ3v) is 5.47. The van der Waals surface area contributed by atoms with Crippen LogP contribution < -0.4 is 10.5 Å². The van der Waals surface area contributed by atoms with Gasteiger partial charge < -0.3 is 15.4 Å². The van der Waals surface area contributed by atoms with Crippen LogP contribution in [0.2, 0.25) is 0 Å². The van der Waals surface area contributed by atoms with Gasteiger partial charge in [0.2, 0.25) is 5.91 Å². The number of ether oxygens (including phenoxy) is 1. The number of hydrogen-bond acceptors (Lipinski definition) is 4. The Kier molecular flexibility index (Phi) is 4.47. The fraction of sp³-hybridized carbons (Fsp3) is 0.333. The highest BCUT2D eigenvalue weighted by molar-refractivity contribution is 5.91. The number of carbonyl (C=O) groups excluding carboxylic acids is 1. The van der Waals surface area contributed by atoms with Gasteiger partial charge in [-0.1, -0.05) is 18.2 Å². The summed E-state index contributed by atoms with van der Waals surface area (Å²) in [7, 11) is 0. The number of rotatable bonds is 3. The van der Waals surface area contributed by atoms with Crippen LogP contribution in [0.1, 0.15) is 29.7 Å². The molecule has 1 fully saturated rings. The molecule has 2 N–H and O–H groups in total. The van der Waals surface area contributed by atoms with Crippen molar-refractivity contribution in [2.45, 2.75) is 24.8 Å². The predicted molar refractivity (Wildman–Crippen MR) is 101 cm³/mol. The first-order valence-electron chi connectivity index (χ1n) is 9.04. The van der Waals surface area contributed by atoms with Crippen molar-refractivity contribution in [2.75, 3.05) is 19.7 Å². The summed E-state index contributed by atoms with van der Waals surface area (Å²) < 4.78 is 5.93. The van der Waals surface area contributed by atoms with E-state index in [2.05, 4.69) is 11.1 Å². The van der Waals surface area contributed by atoms with Gasteiger partial charge in [-0.2, -0.15) is 0 Å². The summed E-state index contributed by atoms with van der Waals surface area (Å²) in [4.78, 5) is 18.6. The van der Waals surface area contributed by atoms with E-state index in [1.165, 1.54) is 5.56 Å². The van der Waals surface area contributed by atoms with Crippen molar-refractivity contribution in [1.29, 1.82) is 0 Å². The number of aromatic nitrogens is 1. The molecule has 0 atom stereocenters. The molecule has 0 unspecified atom stereocenters. The van der Waals surface area contributed by atoms with Gasteiger partial charge >= 0.3 is 0 Å². The fourth-order valence-corrected chi connectivity index (χ4v) is 3.84. The Labute approximate surface area is 153 Å². The molecule has 0 saturated carbocycles. The molecular formula is C21H23N3O2. The first kappa shape index (κ1) is 16.8. The lowest BCUT2D eigenvalue weighted by atomic mass is 9.74. The van der Waals surface area contributed by atoms with Gasteiger partial charge in [0, 0.05) is 42.9 Å². The summed E-state index contributed by atoms with van der Waals surface area (Å²) in [5.41, 5.74) is 9.00. The Morgan fingerprint density at radius 3 is 2.85 bits per heavy atom. The average molecular weight is 349 g/mol. The van der Waals surface area contributed by atoms with Crippen LogP contribution in [-0.4, -0.2) is 35.5 Å². The van der Waals surface area contributed by atoms with Crippen LogP contribution in [0.5, 0.6) is 5.75 Å². The Morgan fingerprint density at radius 1 is 1.27 bits per heavy atom. The summed E-state index contributed by atoms with van der Waals surface area (Å²) >= 11 is 0. The van der Waals surface area contributed by atoms with E-state index in [0.717, 1.165) is 42.9 Å². The number of nitrogens with zero attached hydrogens (tertiary/aromatic N) is 2. The number of piperidine rings is 1. The number of nitrogens with two attached hydrogens (primary N) is 1. The summed E-state index contributed by atoms with van der Waals surface area (Å²) in [6, 6.07) is 11.9. The predicted octanol–water partition coefficient (Wildman–Crippen LogP) is 2.51. The molecule has 3 heterocycles. The highest BCUT2D eigenvalue weighted by atomic mass is 16.5. The number of amides is 1. The molecule has 2 aliphatic heterocycles. The number of likely N-dealkylation sites (tertiary alicyclic amines) is 1. The van der Waals surface area contributed by atoms with E-state index < -0.39 is 0 Å². The van der Waals surface area contributed by atoms with Crippen molar-refractivity contribution in [3.05, 3.63) is 65.5 Å². The normalized spacial score (nSPS) is 18.1. The molecule has 1 spiro atoms. The zero-order chi connectivity index (χ0) is 18.0. The Hall–Kier alpha value is -2.66. The smallest absolute Gasteiger partial charge is 0.246 e. The quantitative estimate of drug-likeness (QED) is 0.865. The molecule has 1 amide bonds. The second-order valence-electron chi connectivity index (χ2n) is 7.02. The minimum Gasteiger partial charge on any atom is -0.492 e. The van der Waals surface area contributed by atoms with Crippen LogP contribution in [-0.2, 0) is 16.8 Å². The van der Waals surface area contributed by atoms with Gasteiger partial charge in [0.15, 0.2) is 0 Å². The fourth-order valence-electron chi connectivity index (χ4n) is 3.84. The van der Waals surface area contributed by atoms with Gasteiger partial charge in [0.25, 0.3) is 0 Å². The van der Waals surface area contributed by atoms with E-state index in [9.17, 15) is 4.79 Å². The van der Waals surface area contributed by atoms with Crippen molar-refractivity contribution in [3.8, 4) is 5.75 Å². The number of pyridine rings is 1. The second kappa shape index (κ2) is 6.92. The SMILES string of the molecule is NCc1ccc2c(c1)C1(CCN(C(=O)/C=C/c3ccccn3)CC1)CO2. The minimum atomic E-state index is 0.0159. The molecule has 1 saturated heterocycles. The van der Waals surface area contributed by atoms with Crippen LogP contribution in [0.3, 0.4) is 0 Å². The molecule has 0 aliphatic carbocycles. The first-order valence-corrected chi connectivity index (χ1v) is 9.04. The van der Waals surface area contributed by atoms with Crippen LogP contribution in [0.15, 0.2) is 48.7 Å². The maximum absolute atomic E-state index is 12.5. The van der Waals surface area contributed by atoms with Crippen LogP contribution in [0.25, 0.3) is 6.08 Å². The van der Waals surface area contributed by atoms with Gasteiger partial charge in [-0.3, -0.25) is 9.78 Å². The van der Waals surface area contributed by atoms with Crippen molar-refractivity contribution >= 4 is 12.0 Å². The zero-order valence-electron chi connectivity index (χ0n) is 14.7. The largest absolute Gasteiger partial charge is 0.492 e. The molecular weight excluding hydrogens is 326 g/mol. The molecule has 26 heavy (non-hydrogen) atoms. The monoisotopic (exact) mass is 349 g/mol. The Bertz CT molecular complexity index is 824. The zero-order valence-corrected chi connectivity index (χ0v) is 14.7. The van der Waals surface area contributed by atoms with Crippen molar-refractivity contribution in [1.82, 2.24) is 9.88 Å². The summed E-state index contributed by atoms with van der Waals surface area (Å²) in [6.45, 7) is 2.70. The molecule has 1 aromatic carbocycles. The van der Waals surface area contributed by atoms with E-state index in [4.69, 9.17) is 10.5 Å². The lowest BCUT2D eigenvalue weighted by Gasteiger charge is -2.38. The van der Waals surface area contributed by atoms with Crippen molar-refractivity contribution in [2.24, 2.45) is 5.73 Å². The lowest BCUT2D eigenvalue weighted by molar-refractivity contribution is -0.127. The maximum atomic E-state index is 12.5. The Morgan fingerprint density at radius 2 is 2.12 bits per heavy atom. The van der Waals surface area contributed by atoms with E-state index in [0.29, 0.717) is 13.2 Å². The standard InChI is InChI=1S/C21H23N3O2/c22-14-16-4-6-19-18(13-16)21(15-26-19)8-11-24(12-9-21)20(25)7-5-17-3-1-2-10-23-17/h1-7,10,13H,8-9,11-12,14-15,22H2/b7-5+. The molecule has 2 aliphatic rings. The molecule has 5 heteroatoms. The highest BCUT2D eigenvalue weighted by Gasteiger charge is 2.43. The summed E-state index contributed by atoms with van der Waals surface area (Å²) in [6.07, 6.45) is 6.94. The number of fused-ring (bicyclic) bond motifs is 2. The van der Waals surface area contributed by atoms with E-state index >= 15 is 0 Å². The molecule has 4 rings (SSSR count).